The van der Waals surface area contributed by atoms with Crippen LogP contribution < -0.4 is 15.8 Å². The second-order valence-corrected chi connectivity index (χ2v) is 9.50. The van der Waals surface area contributed by atoms with Crippen molar-refractivity contribution < 1.29 is 18.4 Å². The molecule has 190 valence electrons. The quantitative estimate of drug-likeness (QED) is 0.450. The van der Waals surface area contributed by atoms with Crippen molar-refractivity contribution in [2.24, 2.45) is 7.05 Å². The molecular weight excluding hydrogens is 480 g/mol. The van der Waals surface area contributed by atoms with Crippen molar-refractivity contribution in [1.82, 2.24) is 19.7 Å². The standard InChI is InChI=1S/C27H25F2N5O3/c1-26(18-7-5-4-6-8-18)22(31-25(37)27(2,28)29)14-24(36)33(26)19-9-11-21-17(13-19)15-30-34(21)20-10-12-23(35)32(3)16-20/h4-13,15-16,22H,14H2,1-3H3,(H,31,37)/t22-,26+/m0/s1. The molecule has 1 aliphatic rings. The molecule has 1 aliphatic heterocycles. The number of benzene rings is 2. The lowest BCUT2D eigenvalue weighted by Gasteiger charge is -2.40. The first-order chi connectivity index (χ1) is 17.5. The predicted octanol–water partition coefficient (Wildman–Crippen LogP) is 3.52. The third kappa shape index (κ3) is 4.08. The first-order valence-corrected chi connectivity index (χ1v) is 11.7. The maximum atomic E-state index is 13.8. The van der Waals surface area contributed by atoms with E-state index in [4.69, 9.17) is 0 Å². The number of alkyl halides is 2. The molecule has 4 aromatic rings. The predicted molar refractivity (Wildman–Crippen MR) is 135 cm³/mol. The van der Waals surface area contributed by atoms with E-state index < -0.39 is 23.4 Å². The number of carbonyl (C=O) groups is 2. The molecule has 0 spiro atoms. The van der Waals surface area contributed by atoms with Crippen LogP contribution in [0.15, 0.2) is 77.9 Å². The van der Waals surface area contributed by atoms with Crippen LogP contribution in [0.5, 0.6) is 0 Å². The van der Waals surface area contributed by atoms with Gasteiger partial charge in [-0.1, -0.05) is 30.3 Å². The van der Waals surface area contributed by atoms with Gasteiger partial charge in [-0.05, 0) is 36.8 Å². The molecule has 3 heterocycles. The third-order valence-electron chi connectivity index (χ3n) is 6.96. The highest BCUT2D eigenvalue weighted by Gasteiger charge is 2.53. The van der Waals surface area contributed by atoms with Crippen molar-refractivity contribution in [2.45, 2.75) is 37.8 Å². The van der Waals surface area contributed by atoms with Gasteiger partial charge in [0.2, 0.25) is 11.5 Å². The largest absolute Gasteiger partial charge is 0.345 e. The first-order valence-electron chi connectivity index (χ1n) is 11.7. The Balaban J connectivity index is 1.59. The molecule has 2 atom stereocenters. The molecule has 5 rings (SSSR count). The normalized spacial score (nSPS) is 20.0. The number of amides is 2. The molecule has 37 heavy (non-hydrogen) atoms. The zero-order chi connectivity index (χ0) is 26.5. The maximum Gasteiger partial charge on any atom is 0.321 e. The number of pyridine rings is 1. The lowest BCUT2D eigenvalue weighted by Crippen LogP contribution is -2.55. The van der Waals surface area contributed by atoms with Crippen molar-refractivity contribution in [1.29, 1.82) is 0 Å². The van der Waals surface area contributed by atoms with E-state index in [1.165, 1.54) is 10.6 Å². The van der Waals surface area contributed by atoms with Crippen LogP contribution in [0, 0.1) is 0 Å². The monoisotopic (exact) mass is 505 g/mol. The number of aryl methyl sites for hydroxylation is 1. The van der Waals surface area contributed by atoms with Gasteiger partial charge < -0.3 is 14.8 Å². The molecule has 2 aromatic heterocycles. The lowest BCUT2D eigenvalue weighted by molar-refractivity contribution is -0.144. The lowest BCUT2D eigenvalue weighted by atomic mass is 9.84. The van der Waals surface area contributed by atoms with E-state index in [1.807, 2.05) is 24.3 Å². The van der Waals surface area contributed by atoms with E-state index >= 15 is 0 Å². The first kappa shape index (κ1) is 24.4. The van der Waals surface area contributed by atoms with Crippen LogP contribution >= 0.6 is 0 Å². The molecule has 2 aromatic carbocycles. The molecule has 0 saturated carbocycles. The van der Waals surface area contributed by atoms with Gasteiger partial charge >= 0.3 is 5.92 Å². The summed E-state index contributed by atoms with van der Waals surface area (Å²) < 4.78 is 30.7. The molecule has 8 nitrogen and oxygen atoms in total. The Bertz CT molecular complexity index is 1570. The average Bonchev–Trinajstić information content (AvgIpc) is 3.39. The molecule has 0 unspecified atom stereocenters. The van der Waals surface area contributed by atoms with E-state index in [2.05, 4.69) is 10.4 Å². The molecule has 1 N–H and O–H groups in total. The number of nitrogens with zero attached hydrogens (tertiary/aromatic N) is 4. The van der Waals surface area contributed by atoms with Gasteiger partial charge in [-0.3, -0.25) is 14.4 Å². The molecule has 10 heteroatoms. The van der Waals surface area contributed by atoms with Crippen molar-refractivity contribution in [3.63, 3.8) is 0 Å². The molecule has 0 radical (unpaired) electrons. The Hall–Kier alpha value is -4.34. The summed E-state index contributed by atoms with van der Waals surface area (Å²) in [6, 6.07) is 16.7. The van der Waals surface area contributed by atoms with Crippen LogP contribution in [-0.4, -0.2) is 38.1 Å². The summed E-state index contributed by atoms with van der Waals surface area (Å²) in [6.45, 7) is 2.30. The summed E-state index contributed by atoms with van der Waals surface area (Å²) in [4.78, 5) is 38.9. The molecule has 2 amide bonds. The topological polar surface area (TPSA) is 89.2 Å². The van der Waals surface area contributed by atoms with Crippen LogP contribution in [0.2, 0.25) is 0 Å². The Morgan fingerprint density at radius 1 is 1.08 bits per heavy atom. The number of aromatic nitrogens is 3. The van der Waals surface area contributed by atoms with E-state index in [0.29, 0.717) is 23.9 Å². The van der Waals surface area contributed by atoms with Crippen LogP contribution in [0.1, 0.15) is 25.8 Å². The van der Waals surface area contributed by atoms with Gasteiger partial charge in [-0.15, -0.1) is 0 Å². The summed E-state index contributed by atoms with van der Waals surface area (Å²) in [5.74, 6) is -5.31. The minimum absolute atomic E-state index is 0.136. The van der Waals surface area contributed by atoms with Gasteiger partial charge in [-0.2, -0.15) is 13.9 Å². The van der Waals surface area contributed by atoms with Gasteiger partial charge in [0.15, 0.2) is 0 Å². The van der Waals surface area contributed by atoms with Crippen LogP contribution in [0.25, 0.3) is 16.6 Å². The van der Waals surface area contributed by atoms with Gasteiger partial charge in [0.05, 0.1) is 35.4 Å². The van der Waals surface area contributed by atoms with Gasteiger partial charge in [0.1, 0.15) is 0 Å². The summed E-state index contributed by atoms with van der Waals surface area (Å²) in [5, 5.41) is 7.61. The number of anilines is 1. The molecule has 1 fully saturated rings. The van der Waals surface area contributed by atoms with Gasteiger partial charge in [0.25, 0.3) is 5.91 Å². The molecule has 0 aliphatic carbocycles. The number of hydrogen-bond acceptors (Lipinski definition) is 4. The summed E-state index contributed by atoms with van der Waals surface area (Å²) in [7, 11) is 1.66. The second kappa shape index (κ2) is 8.65. The van der Waals surface area contributed by atoms with Gasteiger partial charge in [-0.25, -0.2) is 4.68 Å². The Kier molecular flexibility index (Phi) is 5.69. The fraction of sp³-hybridized carbons (Fsp3) is 0.259. The van der Waals surface area contributed by atoms with Crippen molar-refractivity contribution >= 4 is 28.4 Å². The molecule has 1 saturated heterocycles. The van der Waals surface area contributed by atoms with Gasteiger partial charge in [0, 0.05) is 37.3 Å². The maximum absolute atomic E-state index is 13.8. The van der Waals surface area contributed by atoms with E-state index in [0.717, 1.165) is 10.9 Å². The zero-order valence-corrected chi connectivity index (χ0v) is 20.5. The number of halogens is 2. The second-order valence-electron chi connectivity index (χ2n) is 9.50. The highest BCUT2D eigenvalue weighted by molar-refractivity contribution is 6.01. The number of hydrogen-bond donors (Lipinski definition) is 1. The summed E-state index contributed by atoms with van der Waals surface area (Å²) in [5.41, 5.74) is 1.43. The number of rotatable bonds is 5. The number of fused-ring (bicyclic) bond motifs is 1. The fourth-order valence-electron chi connectivity index (χ4n) is 4.94. The summed E-state index contributed by atoms with van der Waals surface area (Å²) in [6.07, 6.45) is 3.19. The molecular formula is C27H25F2N5O3. The highest BCUT2D eigenvalue weighted by atomic mass is 19.3. The SMILES string of the molecule is Cn1cc(-n2ncc3cc(N4C(=O)C[C@H](NC(=O)C(C)(F)F)[C@@]4(C)c4ccccc4)ccc32)ccc1=O. The van der Waals surface area contributed by atoms with Crippen LogP contribution in [-0.2, 0) is 22.2 Å². The van der Waals surface area contributed by atoms with Crippen molar-refractivity contribution in [3.8, 4) is 5.69 Å². The smallest absolute Gasteiger partial charge is 0.321 e. The van der Waals surface area contributed by atoms with Crippen molar-refractivity contribution in [3.05, 3.63) is 89.0 Å². The van der Waals surface area contributed by atoms with Crippen LogP contribution in [0.3, 0.4) is 0 Å². The number of nitrogens with one attached hydrogen (secondary N) is 1. The third-order valence-corrected chi connectivity index (χ3v) is 6.96. The highest BCUT2D eigenvalue weighted by Crippen LogP contribution is 2.43. The van der Waals surface area contributed by atoms with E-state index in [1.54, 1.807) is 66.3 Å². The zero-order valence-electron chi connectivity index (χ0n) is 20.5. The number of carbonyl (C=O) groups excluding carboxylic acids is 2. The van der Waals surface area contributed by atoms with Crippen molar-refractivity contribution in [2.75, 3.05) is 4.90 Å². The summed E-state index contributed by atoms with van der Waals surface area (Å²) >= 11 is 0. The minimum atomic E-state index is -3.58. The minimum Gasteiger partial charge on any atom is -0.345 e. The molecule has 0 bridgehead atoms. The average molecular weight is 506 g/mol. The Morgan fingerprint density at radius 3 is 2.46 bits per heavy atom. The van der Waals surface area contributed by atoms with Crippen LogP contribution in [0.4, 0.5) is 14.5 Å². The van der Waals surface area contributed by atoms with E-state index in [9.17, 15) is 23.2 Å². The fourth-order valence-corrected chi connectivity index (χ4v) is 4.94. The van der Waals surface area contributed by atoms with E-state index in [-0.39, 0.29) is 17.9 Å². The Labute approximate surface area is 211 Å². The Morgan fingerprint density at radius 2 is 1.78 bits per heavy atom.